The number of fused-ring (bicyclic) bond motifs is 5. The number of rotatable bonds is 0. The maximum Gasteiger partial charge on any atom is 0.317 e. The lowest BCUT2D eigenvalue weighted by Crippen LogP contribution is -2.29. The second-order valence-electron chi connectivity index (χ2n) is 3.73. The Balaban J connectivity index is 2.05. The molecule has 0 aromatic carbocycles. The van der Waals surface area contributed by atoms with E-state index in [9.17, 15) is 9.59 Å². The second-order valence-corrected chi connectivity index (χ2v) is 3.73. The molecule has 0 amide bonds. The summed E-state index contributed by atoms with van der Waals surface area (Å²) in [6, 6.07) is 0. The van der Waals surface area contributed by atoms with E-state index >= 15 is 0 Å². The first-order valence-corrected chi connectivity index (χ1v) is 4.21. The summed E-state index contributed by atoms with van der Waals surface area (Å²) >= 11 is 0. The Morgan fingerprint density at radius 1 is 1.08 bits per heavy atom. The number of carbonyl (C=O) groups excluding carboxylic acids is 2. The number of carbonyl (C=O) groups is 2. The van der Waals surface area contributed by atoms with Crippen molar-refractivity contribution in [3.8, 4) is 0 Å². The Morgan fingerprint density at radius 3 is 2.00 bits per heavy atom. The molecule has 4 atom stereocenters. The van der Waals surface area contributed by atoms with Crippen LogP contribution in [-0.2, 0) is 14.3 Å². The first-order chi connectivity index (χ1) is 5.77. The third-order valence-electron chi connectivity index (χ3n) is 3.24. The van der Waals surface area contributed by atoms with E-state index in [2.05, 4.69) is 4.74 Å². The number of cyclic esters (lactones) is 2. The van der Waals surface area contributed by atoms with Gasteiger partial charge in [-0.3, -0.25) is 9.59 Å². The molecule has 1 saturated heterocycles. The van der Waals surface area contributed by atoms with E-state index in [1.807, 2.05) is 12.2 Å². The lowest BCUT2D eigenvalue weighted by molar-refractivity contribution is -0.169. The molecule has 2 fully saturated rings. The zero-order valence-electron chi connectivity index (χ0n) is 6.40. The molecule has 62 valence electrons. The van der Waals surface area contributed by atoms with E-state index in [1.54, 1.807) is 0 Å². The molecule has 0 aromatic rings. The van der Waals surface area contributed by atoms with Crippen LogP contribution in [0.5, 0.6) is 0 Å². The van der Waals surface area contributed by atoms with Crippen molar-refractivity contribution in [1.29, 1.82) is 0 Å². The fourth-order valence-electron chi connectivity index (χ4n) is 2.52. The molecule has 0 spiro atoms. The largest absolute Gasteiger partial charge is 0.393 e. The Labute approximate surface area is 69.4 Å². The third kappa shape index (κ3) is 0.543. The van der Waals surface area contributed by atoms with Gasteiger partial charge >= 0.3 is 11.9 Å². The average Bonchev–Trinajstić information content (AvgIpc) is 2.17. The highest BCUT2D eigenvalue weighted by atomic mass is 16.6. The molecule has 0 N–H and O–H groups in total. The minimum absolute atomic E-state index is 0.0253. The highest BCUT2D eigenvalue weighted by Gasteiger charge is 2.55. The van der Waals surface area contributed by atoms with Gasteiger partial charge in [0.2, 0.25) is 0 Å². The molecule has 4 unspecified atom stereocenters. The molecular weight excluding hydrogens is 156 g/mol. The molecule has 3 aliphatic rings. The predicted molar refractivity (Wildman–Crippen MR) is 38.8 cm³/mol. The lowest BCUT2D eigenvalue weighted by Gasteiger charge is -2.23. The van der Waals surface area contributed by atoms with Crippen LogP contribution in [0.1, 0.15) is 6.42 Å². The molecule has 0 aromatic heterocycles. The number of hydrogen-bond donors (Lipinski definition) is 0. The average molecular weight is 164 g/mol. The summed E-state index contributed by atoms with van der Waals surface area (Å²) in [4.78, 5) is 22.4. The SMILES string of the molecule is O=C1OC(=O)C2CC1C1C=CC21. The molecule has 0 radical (unpaired) electrons. The van der Waals surface area contributed by atoms with Crippen LogP contribution >= 0.6 is 0 Å². The summed E-state index contributed by atoms with van der Waals surface area (Å²) in [5, 5.41) is 0. The molecule has 3 rings (SSSR count). The van der Waals surface area contributed by atoms with Gasteiger partial charge < -0.3 is 4.74 Å². The number of allylic oxidation sites excluding steroid dienone is 2. The van der Waals surface area contributed by atoms with Crippen molar-refractivity contribution in [2.24, 2.45) is 23.7 Å². The van der Waals surface area contributed by atoms with Crippen LogP contribution in [-0.4, -0.2) is 11.9 Å². The van der Waals surface area contributed by atoms with Gasteiger partial charge in [-0.1, -0.05) is 12.2 Å². The van der Waals surface area contributed by atoms with Gasteiger partial charge in [0.25, 0.3) is 0 Å². The van der Waals surface area contributed by atoms with Crippen molar-refractivity contribution < 1.29 is 14.3 Å². The molecule has 12 heavy (non-hydrogen) atoms. The van der Waals surface area contributed by atoms with Crippen LogP contribution in [0.3, 0.4) is 0 Å². The summed E-state index contributed by atoms with van der Waals surface area (Å²) in [7, 11) is 0. The molecule has 3 nitrogen and oxygen atoms in total. The van der Waals surface area contributed by atoms with Crippen LogP contribution in [0.25, 0.3) is 0 Å². The molecule has 2 bridgehead atoms. The summed E-state index contributed by atoms with van der Waals surface area (Å²) < 4.78 is 4.64. The van der Waals surface area contributed by atoms with Crippen LogP contribution in [0.4, 0.5) is 0 Å². The predicted octanol–water partition coefficient (Wildman–Crippen LogP) is 0.508. The Hall–Kier alpha value is -1.12. The summed E-state index contributed by atoms with van der Waals surface area (Å²) in [6.07, 6.45) is 4.75. The van der Waals surface area contributed by atoms with Crippen LogP contribution in [0, 0.1) is 23.7 Å². The minimum Gasteiger partial charge on any atom is -0.393 e. The smallest absolute Gasteiger partial charge is 0.317 e. The number of ether oxygens (including phenoxy) is 1. The molecule has 3 heteroatoms. The van der Waals surface area contributed by atoms with Crippen LogP contribution < -0.4 is 0 Å². The van der Waals surface area contributed by atoms with Crippen LogP contribution in [0.15, 0.2) is 12.2 Å². The van der Waals surface area contributed by atoms with Gasteiger partial charge in [-0.05, 0) is 18.3 Å². The quantitative estimate of drug-likeness (QED) is 0.297. The van der Waals surface area contributed by atoms with E-state index in [0.717, 1.165) is 0 Å². The first kappa shape index (κ1) is 6.40. The van der Waals surface area contributed by atoms with Crippen molar-refractivity contribution in [3.63, 3.8) is 0 Å². The van der Waals surface area contributed by atoms with Gasteiger partial charge in [0.1, 0.15) is 0 Å². The Kier molecular flexibility index (Phi) is 0.953. The van der Waals surface area contributed by atoms with E-state index in [1.165, 1.54) is 0 Å². The molecule has 1 aliphatic heterocycles. The monoisotopic (exact) mass is 164 g/mol. The van der Waals surface area contributed by atoms with Gasteiger partial charge in [-0.2, -0.15) is 0 Å². The first-order valence-electron chi connectivity index (χ1n) is 4.21. The van der Waals surface area contributed by atoms with E-state index < -0.39 is 0 Å². The van der Waals surface area contributed by atoms with E-state index in [-0.39, 0.29) is 23.8 Å². The van der Waals surface area contributed by atoms with Crippen molar-refractivity contribution >= 4 is 11.9 Å². The summed E-state index contributed by atoms with van der Waals surface area (Å²) in [6.45, 7) is 0. The van der Waals surface area contributed by atoms with Gasteiger partial charge in [-0.25, -0.2) is 0 Å². The highest BCUT2D eigenvalue weighted by Crippen LogP contribution is 2.51. The standard InChI is InChI=1S/C9H8O3/c10-8-6-3-7(9(11)12-8)5-2-1-4(5)6/h1-2,4-7H,3H2. The van der Waals surface area contributed by atoms with Crippen molar-refractivity contribution in [2.75, 3.05) is 0 Å². The van der Waals surface area contributed by atoms with E-state index in [4.69, 9.17) is 0 Å². The normalized spacial score (nSPS) is 48.3. The Morgan fingerprint density at radius 2 is 1.58 bits per heavy atom. The maximum absolute atomic E-state index is 11.2. The van der Waals surface area contributed by atoms with Gasteiger partial charge in [0, 0.05) is 0 Å². The fourth-order valence-corrected chi connectivity index (χ4v) is 2.52. The van der Waals surface area contributed by atoms with E-state index in [0.29, 0.717) is 18.3 Å². The van der Waals surface area contributed by atoms with Gasteiger partial charge in [0.15, 0.2) is 0 Å². The topological polar surface area (TPSA) is 43.4 Å². The minimum atomic E-state index is -0.312. The number of esters is 2. The van der Waals surface area contributed by atoms with Crippen LogP contribution in [0.2, 0.25) is 0 Å². The molecule has 1 saturated carbocycles. The van der Waals surface area contributed by atoms with Gasteiger partial charge in [-0.15, -0.1) is 0 Å². The third-order valence-corrected chi connectivity index (χ3v) is 3.24. The highest BCUT2D eigenvalue weighted by molar-refractivity contribution is 5.93. The summed E-state index contributed by atoms with van der Waals surface area (Å²) in [5.41, 5.74) is 0. The fraction of sp³-hybridized carbons (Fsp3) is 0.556. The molecular formula is C9H8O3. The molecule has 1 heterocycles. The maximum atomic E-state index is 11.2. The zero-order chi connectivity index (χ0) is 8.29. The van der Waals surface area contributed by atoms with Gasteiger partial charge in [0.05, 0.1) is 11.8 Å². The Bertz CT molecular complexity index is 277. The number of hydrogen-bond acceptors (Lipinski definition) is 3. The summed E-state index contributed by atoms with van der Waals surface area (Å²) in [5.74, 6) is -0.0745. The second kappa shape index (κ2) is 1.79. The zero-order valence-corrected chi connectivity index (χ0v) is 6.40. The molecule has 2 aliphatic carbocycles. The van der Waals surface area contributed by atoms with Crippen molar-refractivity contribution in [2.45, 2.75) is 6.42 Å². The van der Waals surface area contributed by atoms with Crippen molar-refractivity contribution in [3.05, 3.63) is 12.2 Å². The van der Waals surface area contributed by atoms with Crippen molar-refractivity contribution in [1.82, 2.24) is 0 Å². The lowest BCUT2D eigenvalue weighted by atomic mass is 9.79.